The van der Waals surface area contributed by atoms with Gasteiger partial charge in [0.2, 0.25) is 0 Å². The van der Waals surface area contributed by atoms with E-state index in [4.69, 9.17) is 4.74 Å². The number of rotatable bonds is 5. The van der Waals surface area contributed by atoms with Crippen molar-refractivity contribution in [2.45, 2.75) is 77.3 Å². The first kappa shape index (κ1) is 21.1. The summed E-state index contributed by atoms with van der Waals surface area (Å²) in [5.74, 6) is 1.99. The molecule has 2 fully saturated rings. The van der Waals surface area contributed by atoms with Gasteiger partial charge in [0.05, 0.1) is 12.1 Å². The standard InChI is InChI=1S/C22H30F3NO2/c1-2-3-15-4-6-16(7-5-15)17-8-10-18(11-9-17)21(27)28-19-12-13-20(26-14-19)22(23,24)25/h12-18H,2-11H2,1H3. The van der Waals surface area contributed by atoms with E-state index in [0.29, 0.717) is 5.92 Å². The lowest BCUT2D eigenvalue weighted by atomic mass is 9.69. The molecule has 0 spiro atoms. The Kier molecular flexibility index (Phi) is 7.00. The largest absolute Gasteiger partial charge is 0.433 e. The Morgan fingerprint density at radius 1 is 1.04 bits per heavy atom. The monoisotopic (exact) mass is 397 g/mol. The molecule has 0 radical (unpaired) electrons. The molecule has 0 aromatic carbocycles. The molecule has 156 valence electrons. The maximum absolute atomic E-state index is 12.6. The van der Waals surface area contributed by atoms with Gasteiger partial charge in [-0.25, -0.2) is 4.98 Å². The summed E-state index contributed by atoms with van der Waals surface area (Å²) in [7, 11) is 0. The summed E-state index contributed by atoms with van der Waals surface area (Å²) in [5, 5.41) is 0. The molecule has 3 nitrogen and oxygen atoms in total. The van der Waals surface area contributed by atoms with Crippen LogP contribution in [0.25, 0.3) is 0 Å². The smallest absolute Gasteiger partial charge is 0.425 e. The highest BCUT2D eigenvalue weighted by atomic mass is 19.4. The number of hydrogen-bond donors (Lipinski definition) is 0. The van der Waals surface area contributed by atoms with E-state index in [-0.39, 0.29) is 17.6 Å². The van der Waals surface area contributed by atoms with Crippen molar-refractivity contribution in [2.75, 3.05) is 0 Å². The van der Waals surface area contributed by atoms with Crippen LogP contribution in [0.2, 0.25) is 0 Å². The predicted molar refractivity (Wildman–Crippen MR) is 101 cm³/mol. The van der Waals surface area contributed by atoms with E-state index in [1.807, 2.05) is 0 Å². The van der Waals surface area contributed by atoms with Crippen molar-refractivity contribution in [1.29, 1.82) is 0 Å². The third-order valence-electron chi connectivity index (χ3n) is 6.61. The summed E-state index contributed by atoms with van der Waals surface area (Å²) in [6, 6.07) is 2.00. The molecule has 1 aromatic heterocycles. The van der Waals surface area contributed by atoms with Gasteiger partial charge in [0.25, 0.3) is 0 Å². The number of esters is 1. The number of halogens is 3. The van der Waals surface area contributed by atoms with Gasteiger partial charge >= 0.3 is 12.1 Å². The minimum Gasteiger partial charge on any atom is -0.425 e. The van der Waals surface area contributed by atoms with Crippen molar-refractivity contribution < 1.29 is 22.7 Å². The van der Waals surface area contributed by atoms with Gasteiger partial charge in [-0.2, -0.15) is 13.2 Å². The molecule has 2 aliphatic carbocycles. The van der Waals surface area contributed by atoms with Crippen molar-refractivity contribution in [2.24, 2.45) is 23.7 Å². The number of carbonyl (C=O) groups is 1. The first-order valence-corrected chi connectivity index (χ1v) is 10.6. The molecule has 0 N–H and O–H groups in total. The van der Waals surface area contributed by atoms with Gasteiger partial charge in [-0.05, 0) is 68.4 Å². The van der Waals surface area contributed by atoms with Gasteiger partial charge in [0, 0.05) is 0 Å². The van der Waals surface area contributed by atoms with Gasteiger partial charge in [-0.3, -0.25) is 4.79 Å². The molecule has 2 saturated carbocycles. The summed E-state index contributed by atoms with van der Waals surface area (Å²) in [5.41, 5.74) is -0.985. The maximum atomic E-state index is 12.6. The Balaban J connectivity index is 1.44. The molecular weight excluding hydrogens is 367 g/mol. The summed E-state index contributed by atoms with van der Waals surface area (Å²) in [4.78, 5) is 15.7. The summed E-state index contributed by atoms with van der Waals surface area (Å²) in [6.07, 6.45) is 8.17. The molecule has 0 saturated heterocycles. The SMILES string of the molecule is CCCC1CCC(C2CCC(C(=O)Oc3ccc(C(F)(F)F)nc3)CC2)CC1. The zero-order chi connectivity index (χ0) is 20.1. The highest BCUT2D eigenvalue weighted by molar-refractivity contribution is 5.75. The van der Waals surface area contributed by atoms with Crippen LogP contribution in [0.1, 0.15) is 76.8 Å². The molecule has 2 aliphatic rings. The van der Waals surface area contributed by atoms with Gasteiger partial charge in [0.1, 0.15) is 11.4 Å². The molecule has 1 heterocycles. The quantitative estimate of drug-likeness (QED) is 0.538. The molecule has 0 bridgehead atoms. The second kappa shape index (κ2) is 9.27. The van der Waals surface area contributed by atoms with Crippen molar-refractivity contribution in [1.82, 2.24) is 4.98 Å². The van der Waals surface area contributed by atoms with Crippen molar-refractivity contribution in [3.8, 4) is 5.75 Å². The van der Waals surface area contributed by atoms with Crippen LogP contribution in [0.4, 0.5) is 13.2 Å². The van der Waals surface area contributed by atoms with E-state index in [2.05, 4.69) is 11.9 Å². The molecule has 0 unspecified atom stereocenters. The number of carbonyl (C=O) groups excluding carboxylic acids is 1. The average Bonchev–Trinajstić information content (AvgIpc) is 2.69. The van der Waals surface area contributed by atoms with E-state index >= 15 is 0 Å². The molecular formula is C22H30F3NO2. The van der Waals surface area contributed by atoms with E-state index in [9.17, 15) is 18.0 Å². The molecule has 6 heteroatoms. The summed E-state index contributed by atoms with van der Waals surface area (Å²) >= 11 is 0. The molecule has 1 aromatic rings. The lowest BCUT2D eigenvalue weighted by Gasteiger charge is -2.37. The van der Waals surface area contributed by atoms with Crippen LogP contribution >= 0.6 is 0 Å². The van der Waals surface area contributed by atoms with Crippen LogP contribution in [0.15, 0.2) is 18.3 Å². The normalized spacial score (nSPS) is 28.7. The fourth-order valence-electron chi connectivity index (χ4n) is 4.99. The van der Waals surface area contributed by atoms with Crippen molar-refractivity contribution in [3.63, 3.8) is 0 Å². The number of pyridine rings is 1. The fraction of sp³-hybridized carbons (Fsp3) is 0.727. The fourth-order valence-corrected chi connectivity index (χ4v) is 4.99. The molecule has 0 atom stereocenters. The number of nitrogens with zero attached hydrogens (tertiary/aromatic N) is 1. The predicted octanol–water partition coefficient (Wildman–Crippen LogP) is 6.42. The van der Waals surface area contributed by atoms with Crippen LogP contribution in [-0.4, -0.2) is 11.0 Å². The Hall–Kier alpha value is -1.59. The van der Waals surface area contributed by atoms with Crippen LogP contribution in [-0.2, 0) is 11.0 Å². The first-order chi connectivity index (χ1) is 13.4. The third kappa shape index (κ3) is 5.48. The van der Waals surface area contributed by atoms with Crippen molar-refractivity contribution in [3.05, 3.63) is 24.0 Å². The van der Waals surface area contributed by atoms with Crippen LogP contribution in [0, 0.1) is 23.7 Å². The van der Waals surface area contributed by atoms with Crippen LogP contribution < -0.4 is 4.74 Å². The van der Waals surface area contributed by atoms with Crippen LogP contribution in [0.5, 0.6) is 5.75 Å². The summed E-state index contributed by atoms with van der Waals surface area (Å²) < 4.78 is 42.9. The number of hydrogen-bond acceptors (Lipinski definition) is 3. The second-order valence-electron chi connectivity index (χ2n) is 8.48. The average molecular weight is 397 g/mol. The highest BCUT2D eigenvalue weighted by Crippen LogP contribution is 2.42. The lowest BCUT2D eigenvalue weighted by molar-refractivity contribution is -0.141. The molecule has 0 amide bonds. The Labute approximate surface area is 165 Å². The number of aromatic nitrogens is 1. The highest BCUT2D eigenvalue weighted by Gasteiger charge is 2.34. The van der Waals surface area contributed by atoms with Gasteiger partial charge < -0.3 is 4.74 Å². The Morgan fingerprint density at radius 2 is 1.64 bits per heavy atom. The van der Waals surface area contributed by atoms with Crippen LogP contribution in [0.3, 0.4) is 0 Å². The second-order valence-corrected chi connectivity index (χ2v) is 8.48. The third-order valence-corrected chi connectivity index (χ3v) is 6.61. The first-order valence-electron chi connectivity index (χ1n) is 10.6. The zero-order valence-electron chi connectivity index (χ0n) is 16.5. The van der Waals surface area contributed by atoms with Gasteiger partial charge in [-0.1, -0.05) is 32.6 Å². The summed E-state index contributed by atoms with van der Waals surface area (Å²) in [6.45, 7) is 2.26. The molecule has 28 heavy (non-hydrogen) atoms. The number of alkyl halides is 3. The maximum Gasteiger partial charge on any atom is 0.433 e. The van der Waals surface area contributed by atoms with E-state index < -0.39 is 11.9 Å². The van der Waals surface area contributed by atoms with Crippen molar-refractivity contribution >= 4 is 5.97 Å². The van der Waals surface area contributed by atoms with Gasteiger partial charge in [0.15, 0.2) is 0 Å². The van der Waals surface area contributed by atoms with E-state index in [0.717, 1.165) is 55.8 Å². The minimum absolute atomic E-state index is 0.0781. The van der Waals surface area contributed by atoms with E-state index in [1.165, 1.54) is 38.5 Å². The lowest BCUT2D eigenvalue weighted by Crippen LogP contribution is -2.30. The Bertz CT molecular complexity index is 628. The minimum atomic E-state index is -4.49. The molecule has 0 aliphatic heterocycles. The number of ether oxygens (including phenoxy) is 1. The Morgan fingerprint density at radius 3 is 2.14 bits per heavy atom. The van der Waals surface area contributed by atoms with Gasteiger partial charge in [-0.15, -0.1) is 0 Å². The zero-order valence-corrected chi connectivity index (χ0v) is 16.5. The topological polar surface area (TPSA) is 39.2 Å². The molecule has 3 rings (SSSR count). The van der Waals surface area contributed by atoms with E-state index in [1.54, 1.807) is 0 Å².